The van der Waals surface area contributed by atoms with Crippen molar-refractivity contribution >= 4 is 41.8 Å². The maximum absolute atomic E-state index is 10.1. The molecule has 49 nitrogen and oxygen atoms in total. The number of aliphatic hydroxyl groups is 35. The highest BCUT2D eigenvalue weighted by atomic mass is 16.5. The highest BCUT2D eigenvalue weighted by molar-refractivity contribution is 5.75. The molecule has 0 aromatic rings. The zero-order valence-electron chi connectivity index (χ0n) is 51.8. The van der Waals surface area contributed by atoms with E-state index >= 15 is 0 Å². The number of carboxylic acid groups (broad SMARTS) is 7. The number of rotatable bonds is 39. The summed E-state index contributed by atoms with van der Waals surface area (Å²) in [6.07, 6.45) is -47.9. The quantitative estimate of drug-likeness (QED) is 0.0254. The molecule has 0 heterocycles. The van der Waals surface area contributed by atoms with E-state index in [9.17, 15) is 33.6 Å². The fraction of sp³-hybridized carbons (Fsp3) is 0.857. The molecule has 0 bridgehead atoms. The van der Waals surface area contributed by atoms with Crippen molar-refractivity contribution in [2.24, 2.45) is 0 Å². The number of carboxylic acids is 7. The molecule has 0 aliphatic heterocycles. The molecule has 0 amide bonds. The molecule has 0 radical (unpaired) electrons. The van der Waals surface area contributed by atoms with Gasteiger partial charge in [0.15, 0.2) is 42.7 Å². The zero-order chi connectivity index (χ0) is 79.7. The van der Waals surface area contributed by atoms with E-state index in [1.807, 2.05) is 0 Å². The Hall–Kier alpha value is -5.11. The second-order valence-electron chi connectivity index (χ2n) is 19.7. The van der Waals surface area contributed by atoms with Crippen LogP contribution in [-0.4, -0.2) is 473 Å². The lowest BCUT2D eigenvalue weighted by molar-refractivity contribution is -0.164. The predicted octanol–water partition coefficient (Wildman–Crippen LogP) is -21.5. The summed E-state index contributed by atoms with van der Waals surface area (Å²) < 4.78 is 0. The van der Waals surface area contributed by atoms with Gasteiger partial charge in [-0.15, -0.1) is 0 Å². The Balaban J connectivity index is -0.000000158. The average Bonchev–Trinajstić information content (AvgIpc) is 2.40. The van der Waals surface area contributed by atoms with E-state index in [-0.39, 0.29) is 0 Å². The first-order valence-corrected chi connectivity index (χ1v) is 27.7. The average molecular weight is 1470 g/mol. The number of hydrogen-bond donors (Lipinski definition) is 42. The summed E-state index contributed by atoms with van der Waals surface area (Å²) in [5, 5.41) is 363. The van der Waals surface area contributed by atoms with Crippen LogP contribution in [0.25, 0.3) is 0 Å². The number of hydrogen-bond acceptors (Lipinski definition) is 42. The van der Waals surface area contributed by atoms with E-state index in [4.69, 9.17) is 214 Å². The number of carbonyl (C=O) groups is 7. The van der Waals surface area contributed by atoms with Crippen LogP contribution >= 0.6 is 0 Å². The minimum Gasteiger partial charge on any atom is -0.479 e. The molecule has 0 saturated carbocycles. The predicted molar refractivity (Wildman–Crippen MR) is 306 cm³/mol. The van der Waals surface area contributed by atoms with Gasteiger partial charge in [-0.05, 0) is 0 Å². The summed E-state index contributed by atoms with van der Waals surface area (Å²) in [4.78, 5) is 70.6. The van der Waals surface area contributed by atoms with Gasteiger partial charge in [0.25, 0.3) is 0 Å². The normalized spacial score (nSPS) is 19.6. The molecule has 0 aromatic carbocycles. The Morgan fingerprint density at radius 2 is 0.276 bits per heavy atom. The number of aliphatic hydroxyl groups excluding tert-OH is 35. The van der Waals surface area contributed by atoms with Crippen LogP contribution in [0.5, 0.6) is 0 Å². The maximum atomic E-state index is 10.1. The van der Waals surface area contributed by atoms with Crippen LogP contribution in [-0.2, 0) is 33.6 Å². The van der Waals surface area contributed by atoms with Crippen molar-refractivity contribution in [2.75, 3.05) is 46.2 Å². The van der Waals surface area contributed by atoms with Gasteiger partial charge < -0.3 is 214 Å². The lowest BCUT2D eigenvalue weighted by atomic mass is 10.0. The number of aliphatic carboxylic acids is 7. The summed E-state index contributed by atoms with van der Waals surface area (Å²) in [5.74, 6) is -12.1. The van der Waals surface area contributed by atoms with Crippen LogP contribution in [0.3, 0.4) is 0 Å². The van der Waals surface area contributed by atoms with E-state index in [0.29, 0.717) is 0 Å². The van der Waals surface area contributed by atoms with Gasteiger partial charge in [0.1, 0.15) is 128 Å². The molecule has 0 spiro atoms. The topological polar surface area (TPSA) is 969 Å². The monoisotopic (exact) mass is 1470 g/mol. The van der Waals surface area contributed by atoms with Crippen LogP contribution in [0.4, 0.5) is 0 Å². The molecule has 0 aliphatic carbocycles. The first kappa shape index (κ1) is 109. The first-order valence-electron chi connectivity index (χ1n) is 27.7. The highest BCUT2D eigenvalue weighted by Crippen LogP contribution is 2.11. The molecular weight excluding hydrogens is 1370 g/mol. The second kappa shape index (κ2) is 60.6. The van der Waals surface area contributed by atoms with Gasteiger partial charge in [-0.25, -0.2) is 33.6 Å². The van der Waals surface area contributed by atoms with Crippen molar-refractivity contribution in [1.82, 2.24) is 0 Å². The van der Waals surface area contributed by atoms with Crippen LogP contribution in [0.1, 0.15) is 46.0 Å². The molecule has 0 saturated heterocycles. The van der Waals surface area contributed by atoms with Crippen LogP contribution < -0.4 is 0 Å². The molecular formula is C49H100O49. The molecule has 98 heavy (non-hydrogen) atoms. The fourth-order valence-electron chi connectivity index (χ4n) is 5.36. The van der Waals surface area contributed by atoms with Crippen molar-refractivity contribution in [2.45, 2.75) is 217 Å². The zero-order valence-corrected chi connectivity index (χ0v) is 51.8. The third-order valence-corrected chi connectivity index (χ3v) is 11.8. The summed E-state index contributed by atoms with van der Waals surface area (Å²) in [7, 11) is 0. The summed E-state index contributed by atoms with van der Waals surface area (Å²) in [6, 6.07) is 0. The SMILES string of the molecule is CCCCCCC.O=C(O)[C@H](O)[C@@H](O)[C@H](O)[C@H](O)CO.O=C(O)[C@H](O)[C@@H](O)[C@H](O)[C@H](O)CO.O=C(O)[C@H](O)[C@@H](O)[C@H](O)[C@H](O)CO.O=C(O)[C@H](O)[C@@H](O)[C@H](O)[C@H](O)CO.O=C(O)[C@H](O)[C@@H](O)[C@H](O)[C@H](O)CO.O=C(O)[C@H](O)[C@@H](O)[C@H](O)[C@H](O)CO.O=C(O)[C@H](O)[C@@H](O)[C@H](O)[C@H](O)CO. The smallest absolute Gasteiger partial charge is 0.335 e. The van der Waals surface area contributed by atoms with Crippen LogP contribution in [0.15, 0.2) is 0 Å². The van der Waals surface area contributed by atoms with Crippen molar-refractivity contribution in [3.05, 3.63) is 0 Å². The van der Waals surface area contributed by atoms with Gasteiger partial charge in [0.2, 0.25) is 0 Å². The minimum absolute atomic E-state index is 0.843. The molecule has 0 rings (SSSR count). The third-order valence-electron chi connectivity index (χ3n) is 11.8. The van der Waals surface area contributed by atoms with E-state index in [1.54, 1.807) is 0 Å². The van der Waals surface area contributed by atoms with Gasteiger partial charge in [0, 0.05) is 0 Å². The fourth-order valence-corrected chi connectivity index (χ4v) is 5.36. The molecule has 0 unspecified atom stereocenters. The van der Waals surface area contributed by atoms with E-state index < -0.39 is 259 Å². The molecule has 0 aliphatic rings. The van der Waals surface area contributed by atoms with Gasteiger partial charge in [0.05, 0.1) is 46.2 Å². The van der Waals surface area contributed by atoms with E-state index in [2.05, 4.69) is 13.8 Å². The standard InChI is InChI=1S/C7H16.7C6H12O7/c1-3-5-7-6-4-2;7*7-1-2(8)3(9)4(10)5(11)6(12)13/h3-7H2,1-2H3;7*2-5,7-11H,1H2,(H,12,13)/t;7*2-,3-,4+,5-/m.1111111/s1. The van der Waals surface area contributed by atoms with E-state index in [1.165, 1.54) is 32.1 Å². The first-order chi connectivity index (χ1) is 44.8. The summed E-state index contributed by atoms with van der Waals surface area (Å²) >= 11 is 0. The van der Waals surface area contributed by atoms with Crippen molar-refractivity contribution < 1.29 is 248 Å². The largest absolute Gasteiger partial charge is 0.479 e. The second-order valence-corrected chi connectivity index (χ2v) is 19.7. The van der Waals surface area contributed by atoms with Crippen molar-refractivity contribution in [3.63, 3.8) is 0 Å². The van der Waals surface area contributed by atoms with Crippen molar-refractivity contribution in [1.29, 1.82) is 0 Å². The van der Waals surface area contributed by atoms with Crippen LogP contribution in [0.2, 0.25) is 0 Å². The van der Waals surface area contributed by atoms with Gasteiger partial charge in [-0.3, -0.25) is 0 Å². The lowest BCUT2D eigenvalue weighted by Gasteiger charge is -2.23. The Labute approximate surface area is 552 Å². The molecule has 0 aromatic heterocycles. The maximum Gasteiger partial charge on any atom is 0.335 e. The Morgan fingerprint density at radius 3 is 0.337 bits per heavy atom. The molecule has 590 valence electrons. The van der Waals surface area contributed by atoms with Gasteiger partial charge >= 0.3 is 41.8 Å². The summed E-state index contributed by atoms with van der Waals surface area (Å²) in [6.45, 7) is -1.41. The van der Waals surface area contributed by atoms with Gasteiger partial charge in [-0.2, -0.15) is 0 Å². The highest BCUT2D eigenvalue weighted by Gasteiger charge is 2.39. The molecule has 0 fully saturated rings. The number of unbranched alkanes of at least 4 members (excludes halogenated alkanes) is 4. The Kier molecular flexibility index (Phi) is 67.3. The molecule has 49 heteroatoms. The van der Waals surface area contributed by atoms with Crippen molar-refractivity contribution in [3.8, 4) is 0 Å². The Morgan fingerprint density at radius 1 is 0.184 bits per heavy atom. The minimum atomic E-state index is -2.20. The molecule has 42 N–H and O–H groups in total. The van der Waals surface area contributed by atoms with E-state index in [0.717, 1.165) is 0 Å². The summed E-state index contributed by atoms with van der Waals surface area (Å²) in [5.41, 5.74) is 0. The molecule has 28 atom stereocenters. The Bertz CT molecular complexity index is 1650. The lowest BCUT2D eigenvalue weighted by Crippen LogP contribution is -2.48. The third kappa shape index (κ3) is 47.1. The van der Waals surface area contributed by atoms with Crippen LogP contribution in [0, 0.1) is 0 Å². The van der Waals surface area contributed by atoms with Gasteiger partial charge in [-0.1, -0.05) is 46.0 Å².